The molecule has 5 nitrogen and oxygen atoms in total. The van der Waals surface area contributed by atoms with Gasteiger partial charge in [0.25, 0.3) is 0 Å². The molecule has 0 saturated carbocycles. The Morgan fingerprint density at radius 3 is 1.24 bits per heavy atom. The molecule has 0 bridgehead atoms. The van der Waals surface area contributed by atoms with E-state index in [-0.39, 0.29) is 12.2 Å². The molecule has 0 N–H and O–H groups in total. The Balaban J connectivity index is 0. The van der Waals surface area contributed by atoms with Gasteiger partial charge in [-0.05, 0) is 27.7 Å². The van der Waals surface area contributed by atoms with Crippen LogP contribution in [0.15, 0.2) is 12.2 Å². The highest BCUT2D eigenvalue weighted by Crippen LogP contribution is 1.93. The summed E-state index contributed by atoms with van der Waals surface area (Å²) < 4.78 is 13.8. The first-order chi connectivity index (χ1) is 7.83. The minimum absolute atomic E-state index is 0.187. The van der Waals surface area contributed by atoms with Gasteiger partial charge in [0, 0.05) is 26.4 Å². The highest BCUT2D eigenvalue weighted by molar-refractivity contribution is 5.91. The van der Waals surface area contributed by atoms with E-state index in [1.165, 1.54) is 0 Å². The number of carbonyl (C=O) groups is 2. The summed E-state index contributed by atoms with van der Waals surface area (Å²) in [7, 11) is 3.25. The first kappa shape index (κ1) is 18.0. The summed E-state index contributed by atoms with van der Waals surface area (Å²) in [5, 5.41) is 0. The summed E-state index contributed by atoms with van der Waals surface area (Å²) in [6, 6.07) is 0. The molecule has 0 spiro atoms. The minimum Gasteiger partial charge on any atom is -0.460 e. The van der Waals surface area contributed by atoms with Crippen LogP contribution < -0.4 is 0 Å². The average molecular weight is 246 g/mol. The second-order valence-electron chi connectivity index (χ2n) is 3.71. The maximum absolute atomic E-state index is 10.9. The maximum Gasteiger partial charge on any atom is 0.331 e. The zero-order valence-corrected chi connectivity index (χ0v) is 11.4. The van der Waals surface area contributed by atoms with Gasteiger partial charge in [0.2, 0.25) is 0 Å². The molecule has 0 aliphatic rings. The van der Waals surface area contributed by atoms with Gasteiger partial charge in [-0.25, -0.2) is 9.59 Å². The van der Waals surface area contributed by atoms with Gasteiger partial charge in [0.15, 0.2) is 0 Å². The van der Waals surface area contributed by atoms with Crippen LogP contribution in [0.3, 0.4) is 0 Å². The fourth-order valence-corrected chi connectivity index (χ4v) is 0.679. The molecule has 0 aromatic heterocycles. The van der Waals surface area contributed by atoms with Crippen molar-refractivity contribution in [2.75, 3.05) is 14.2 Å². The molecule has 0 atom stereocenters. The zero-order valence-electron chi connectivity index (χ0n) is 11.4. The number of methoxy groups -OCH3 is 1. The first-order valence-corrected chi connectivity index (χ1v) is 5.32. The molecule has 5 heteroatoms. The molecule has 0 aliphatic carbocycles. The van der Waals surface area contributed by atoms with E-state index in [0.29, 0.717) is 0 Å². The van der Waals surface area contributed by atoms with Crippen molar-refractivity contribution in [2.24, 2.45) is 0 Å². The Bertz CT molecular complexity index is 219. The lowest BCUT2D eigenvalue weighted by Gasteiger charge is -2.05. The van der Waals surface area contributed by atoms with E-state index < -0.39 is 11.9 Å². The second-order valence-corrected chi connectivity index (χ2v) is 3.71. The van der Waals surface area contributed by atoms with Crippen LogP contribution in [0.2, 0.25) is 0 Å². The van der Waals surface area contributed by atoms with Crippen LogP contribution in [-0.2, 0) is 23.8 Å². The molecule has 0 fully saturated rings. The third kappa shape index (κ3) is 17.3. The Hall–Kier alpha value is -1.36. The highest BCUT2D eigenvalue weighted by atomic mass is 16.5. The number of rotatable bonds is 4. The van der Waals surface area contributed by atoms with Crippen LogP contribution in [0.5, 0.6) is 0 Å². The van der Waals surface area contributed by atoms with E-state index in [1.807, 2.05) is 0 Å². The van der Waals surface area contributed by atoms with Crippen LogP contribution in [0.4, 0.5) is 0 Å². The van der Waals surface area contributed by atoms with E-state index in [4.69, 9.17) is 9.47 Å². The lowest BCUT2D eigenvalue weighted by molar-refractivity contribution is -0.144. The van der Waals surface area contributed by atoms with Crippen LogP contribution in [-0.4, -0.2) is 38.4 Å². The summed E-state index contributed by atoms with van der Waals surface area (Å²) in [6.45, 7) is 6.94. The van der Waals surface area contributed by atoms with E-state index in [1.54, 1.807) is 41.9 Å². The SMILES string of the molecule is CC(C)OC(=O)/C=C\C(=O)OC(C)C.COC. The largest absolute Gasteiger partial charge is 0.460 e. The van der Waals surface area contributed by atoms with E-state index in [0.717, 1.165) is 12.2 Å². The van der Waals surface area contributed by atoms with Gasteiger partial charge in [-0.15, -0.1) is 0 Å². The highest BCUT2D eigenvalue weighted by Gasteiger charge is 2.03. The van der Waals surface area contributed by atoms with Crippen LogP contribution in [0.1, 0.15) is 27.7 Å². The van der Waals surface area contributed by atoms with Gasteiger partial charge in [0.1, 0.15) is 0 Å². The first-order valence-electron chi connectivity index (χ1n) is 5.32. The van der Waals surface area contributed by atoms with E-state index in [9.17, 15) is 9.59 Å². The van der Waals surface area contributed by atoms with Crippen molar-refractivity contribution in [3.05, 3.63) is 12.2 Å². The number of hydrogen-bond acceptors (Lipinski definition) is 5. The second kappa shape index (κ2) is 11.1. The van der Waals surface area contributed by atoms with E-state index in [2.05, 4.69) is 4.74 Å². The summed E-state index contributed by atoms with van der Waals surface area (Å²) in [5.74, 6) is -1.08. The lowest BCUT2D eigenvalue weighted by atomic mass is 10.4. The van der Waals surface area contributed by atoms with Gasteiger partial charge in [-0.3, -0.25) is 0 Å². The smallest absolute Gasteiger partial charge is 0.331 e. The Kier molecular flexibility index (Phi) is 11.8. The molecule has 0 aromatic rings. The monoisotopic (exact) mass is 246 g/mol. The van der Waals surface area contributed by atoms with Crippen molar-refractivity contribution >= 4 is 11.9 Å². The standard InChI is InChI=1S/C10H16O4.C2H6O/c1-7(2)13-9(11)5-6-10(12)14-8(3)4;1-3-2/h5-8H,1-4H3;1-2H3/b6-5-;. The fraction of sp³-hybridized carbons (Fsp3) is 0.667. The van der Waals surface area contributed by atoms with Gasteiger partial charge in [-0.1, -0.05) is 0 Å². The minimum atomic E-state index is -0.541. The van der Waals surface area contributed by atoms with Crippen LogP contribution in [0, 0.1) is 0 Å². The number of carbonyl (C=O) groups excluding carboxylic acids is 2. The van der Waals surface area contributed by atoms with Gasteiger partial charge in [0.05, 0.1) is 12.2 Å². The normalized spacial score (nSPS) is 10.1. The van der Waals surface area contributed by atoms with Crippen molar-refractivity contribution in [2.45, 2.75) is 39.9 Å². The van der Waals surface area contributed by atoms with Crippen molar-refractivity contribution < 1.29 is 23.8 Å². The van der Waals surface area contributed by atoms with Crippen LogP contribution in [0.25, 0.3) is 0 Å². The molecule has 0 amide bonds. The van der Waals surface area contributed by atoms with Gasteiger partial charge < -0.3 is 14.2 Å². The molecule has 0 aromatic carbocycles. The molecule has 0 heterocycles. The molecule has 0 rings (SSSR count). The van der Waals surface area contributed by atoms with Gasteiger partial charge >= 0.3 is 11.9 Å². The lowest BCUT2D eigenvalue weighted by Crippen LogP contribution is -2.11. The third-order valence-corrected chi connectivity index (χ3v) is 1.06. The number of hydrogen-bond donors (Lipinski definition) is 0. The molecule has 0 unspecified atom stereocenters. The Morgan fingerprint density at radius 2 is 1.06 bits per heavy atom. The van der Waals surface area contributed by atoms with Crippen LogP contribution >= 0.6 is 0 Å². The maximum atomic E-state index is 10.9. The summed E-state index contributed by atoms with van der Waals surface area (Å²) in [6.07, 6.45) is 1.75. The molecule has 0 radical (unpaired) electrons. The topological polar surface area (TPSA) is 61.8 Å². The average Bonchev–Trinajstić information content (AvgIpc) is 2.14. The van der Waals surface area contributed by atoms with E-state index >= 15 is 0 Å². The predicted molar refractivity (Wildman–Crippen MR) is 64.5 cm³/mol. The molecular weight excluding hydrogens is 224 g/mol. The summed E-state index contributed by atoms with van der Waals surface area (Å²) >= 11 is 0. The molecular formula is C12H22O5. The summed E-state index contributed by atoms with van der Waals surface area (Å²) in [4.78, 5) is 21.9. The molecule has 0 saturated heterocycles. The molecule has 100 valence electrons. The number of esters is 2. The van der Waals surface area contributed by atoms with Gasteiger partial charge in [-0.2, -0.15) is 0 Å². The zero-order chi connectivity index (χ0) is 13.8. The van der Waals surface area contributed by atoms with Crippen molar-refractivity contribution in [3.63, 3.8) is 0 Å². The third-order valence-electron chi connectivity index (χ3n) is 1.06. The fourth-order valence-electron chi connectivity index (χ4n) is 0.679. The van der Waals surface area contributed by atoms with Crippen molar-refractivity contribution in [3.8, 4) is 0 Å². The quantitative estimate of drug-likeness (QED) is 0.558. The number of ether oxygens (including phenoxy) is 3. The Labute approximate surface area is 103 Å². The predicted octanol–water partition coefficient (Wildman–Crippen LogP) is 1.71. The Morgan fingerprint density at radius 1 is 0.824 bits per heavy atom. The molecule has 17 heavy (non-hydrogen) atoms. The molecule has 0 aliphatic heterocycles. The summed E-state index contributed by atoms with van der Waals surface area (Å²) in [5.41, 5.74) is 0. The van der Waals surface area contributed by atoms with Crippen molar-refractivity contribution in [1.82, 2.24) is 0 Å². The van der Waals surface area contributed by atoms with Crippen molar-refractivity contribution in [1.29, 1.82) is 0 Å².